The van der Waals surface area contributed by atoms with Crippen LogP contribution >= 0.6 is 0 Å². The normalized spacial score (nSPS) is 25.0. The van der Waals surface area contributed by atoms with Gasteiger partial charge >= 0.3 is 18.3 Å². The minimum absolute atomic E-state index is 0.0589. The number of amides is 3. The Labute approximate surface area is 337 Å². The third kappa shape index (κ3) is 14.1. The Kier molecular flexibility index (Phi) is 15.3. The quantitative estimate of drug-likeness (QED) is 0.107. The number of alkyl carbamates (subject to hydrolysis) is 3. The van der Waals surface area contributed by atoms with Crippen LogP contribution in [-0.4, -0.2) is 105 Å². The maximum Gasteiger partial charge on any atom is 0.407 e. The minimum Gasteiger partial charge on any atom is -0.506 e. The summed E-state index contributed by atoms with van der Waals surface area (Å²) in [5, 5.41) is 43.8. The number of rotatable bonds is 9. The molecular weight excluding hydrogens is 732 g/mol. The molecule has 0 spiro atoms. The molecule has 4 rings (SSSR count). The van der Waals surface area contributed by atoms with Crippen molar-refractivity contribution < 1.29 is 43.9 Å². The largest absolute Gasteiger partial charge is 0.506 e. The number of hydrogen-bond acceptors (Lipinski definition) is 12. The lowest BCUT2D eigenvalue weighted by atomic mass is 9.90. The lowest BCUT2D eigenvalue weighted by molar-refractivity contribution is 0.0475. The average molecular weight is 799 g/mol. The number of aromatic hydroxyl groups is 3. The maximum absolute atomic E-state index is 12.7. The van der Waals surface area contributed by atoms with Gasteiger partial charge in [-0.3, -0.25) is 15.0 Å². The lowest BCUT2D eigenvalue weighted by Gasteiger charge is -2.31. The van der Waals surface area contributed by atoms with E-state index in [1.54, 1.807) is 62.3 Å². The number of phenolic OH excluding ortho intramolecular Hbond substituents is 3. The third-order valence-electron chi connectivity index (χ3n) is 10.0. The molecule has 0 bridgehead atoms. The Balaban J connectivity index is 1.71. The van der Waals surface area contributed by atoms with Crippen LogP contribution in [0.2, 0.25) is 0 Å². The van der Waals surface area contributed by atoms with Crippen molar-refractivity contribution in [1.29, 1.82) is 0 Å². The molecule has 0 saturated heterocycles. The topological polar surface area (TPSA) is 213 Å². The fourth-order valence-electron chi connectivity index (χ4n) is 7.40. The van der Waals surface area contributed by atoms with Crippen molar-refractivity contribution in [2.45, 2.75) is 192 Å². The highest BCUT2D eigenvalue weighted by atomic mass is 16.6. The Morgan fingerprint density at radius 3 is 0.930 bits per heavy atom. The molecule has 318 valence electrons. The van der Waals surface area contributed by atoms with E-state index < -0.39 is 52.3 Å². The highest BCUT2D eigenvalue weighted by Gasteiger charge is 2.32. The highest BCUT2D eigenvalue weighted by molar-refractivity contribution is 6.03. The van der Waals surface area contributed by atoms with E-state index >= 15 is 0 Å². The van der Waals surface area contributed by atoms with Crippen molar-refractivity contribution >= 4 is 36.9 Å². The van der Waals surface area contributed by atoms with Crippen molar-refractivity contribution in [3.05, 3.63) is 16.7 Å². The van der Waals surface area contributed by atoms with E-state index in [4.69, 9.17) is 29.2 Å². The Hall–Kier alpha value is -4.56. The third-order valence-corrected chi connectivity index (χ3v) is 10.0. The van der Waals surface area contributed by atoms with Crippen molar-refractivity contribution in [2.75, 3.05) is 0 Å². The number of hydrogen-bond donors (Lipinski definition) is 6. The van der Waals surface area contributed by atoms with Crippen LogP contribution in [-0.2, 0) is 14.2 Å². The number of phenols is 3. The van der Waals surface area contributed by atoms with E-state index in [2.05, 4.69) is 16.0 Å². The Morgan fingerprint density at radius 2 is 0.702 bits per heavy atom. The molecule has 57 heavy (non-hydrogen) atoms. The Morgan fingerprint density at radius 1 is 0.474 bits per heavy atom. The molecule has 3 amide bonds. The van der Waals surface area contributed by atoms with Crippen LogP contribution in [0.1, 0.15) is 156 Å². The predicted octanol–water partition coefficient (Wildman–Crippen LogP) is 7.57. The second kappa shape index (κ2) is 19.3. The van der Waals surface area contributed by atoms with Crippen LogP contribution in [0.4, 0.5) is 14.4 Å². The van der Waals surface area contributed by atoms with Crippen molar-refractivity contribution in [3.8, 4) is 17.2 Å². The van der Waals surface area contributed by atoms with Gasteiger partial charge in [0.15, 0.2) is 0 Å². The number of ether oxygens (including phenoxy) is 3. The highest BCUT2D eigenvalue weighted by Crippen LogP contribution is 2.40. The molecule has 0 heterocycles. The Bertz CT molecular complexity index is 1440. The first-order chi connectivity index (χ1) is 26.6. The van der Waals surface area contributed by atoms with Crippen molar-refractivity contribution in [3.63, 3.8) is 0 Å². The monoisotopic (exact) mass is 798 g/mol. The summed E-state index contributed by atoms with van der Waals surface area (Å²) in [7, 11) is 0. The molecule has 3 fully saturated rings. The fourth-order valence-corrected chi connectivity index (χ4v) is 7.40. The minimum atomic E-state index is -0.677. The molecule has 0 radical (unpaired) electrons. The summed E-state index contributed by atoms with van der Waals surface area (Å²) >= 11 is 0. The van der Waals surface area contributed by atoms with Gasteiger partial charge in [-0.15, -0.1) is 0 Å². The summed E-state index contributed by atoms with van der Waals surface area (Å²) in [6.45, 7) is 16.1. The standard InChI is InChI=1S/C42H66N6O9/c1-40(2,3)55-37(52)46-31-19-13-10-16-28(31)43-22-25-34(49)26(23-44-29-17-11-14-20-32(29)47-38(53)56-41(4,5)6)36(51)27(35(25)50)24-45-30-18-12-15-21-33(30)48-39(54)57-42(7,8)9/h22-24,28-33,49-51H,10-21H2,1-9H3,(H,46,52)(H,47,53)(H,48,54)/t28-,29-,30+,31-,32-,33+/m1/s1. The van der Waals surface area contributed by atoms with Crippen LogP contribution < -0.4 is 16.0 Å². The molecule has 3 aliphatic rings. The van der Waals surface area contributed by atoms with E-state index in [0.29, 0.717) is 38.5 Å². The number of carbonyl (C=O) groups excluding carboxylic acids is 3. The SMILES string of the molecule is CC(C)(C)OC(=O)N[C@H]1CCCC[C@@H]1N=Cc1c(O)c(C=N[C@@H]2CCCC[C@H]2NC(=O)OC(C)(C)C)c(O)c(C=N[C@@H]2CCCC[C@H]2NC(=O)OC(C)(C)C)c1O. The van der Waals surface area contributed by atoms with Gasteiger partial charge < -0.3 is 45.5 Å². The molecule has 3 saturated carbocycles. The van der Waals surface area contributed by atoms with E-state index in [1.807, 2.05) is 0 Å². The molecule has 6 atom stereocenters. The van der Waals surface area contributed by atoms with Crippen LogP contribution in [0.25, 0.3) is 0 Å². The number of benzene rings is 1. The molecule has 15 heteroatoms. The number of nitrogens with zero attached hydrogens (tertiary/aromatic N) is 3. The van der Waals surface area contributed by atoms with Gasteiger partial charge in [0, 0.05) is 18.6 Å². The molecule has 0 aromatic heterocycles. The molecule has 1 aromatic rings. The molecule has 15 nitrogen and oxygen atoms in total. The smallest absolute Gasteiger partial charge is 0.407 e. The first-order valence-electron chi connectivity index (χ1n) is 20.5. The lowest BCUT2D eigenvalue weighted by Crippen LogP contribution is -2.46. The van der Waals surface area contributed by atoms with Crippen LogP contribution in [0.3, 0.4) is 0 Å². The fraction of sp³-hybridized carbons (Fsp3) is 0.714. The van der Waals surface area contributed by atoms with Gasteiger partial charge in [0.1, 0.15) is 34.1 Å². The average Bonchev–Trinajstić information content (AvgIpc) is 3.07. The predicted molar refractivity (Wildman–Crippen MR) is 220 cm³/mol. The van der Waals surface area contributed by atoms with E-state index in [0.717, 1.165) is 38.5 Å². The number of carbonyl (C=O) groups is 3. The van der Waals surface area contributed by atoms with Crippen LogP contribution in [0.15, 0.2) is 15.0 Å². The van der Waals surface area contributed by atoms with Crippen molar-refractivity contribution in [2.24, 2.45) is 15.0 Å². The molecule has 3 aliphatic carbocycles. The summed E-state index contributed by atoms with van der Waals surface area (Å²) < 4.78 is 16.5. The molecule has 0 unspecified atom stereocenters. The number of aliphatic imine (C=N–C) groups is 3. The van der Waals surface area contributed by atoms with Gasteiger partial charge in [-0.05, 0) is 101 Å². The number of nitrogens with one attached hydrogen (secondary N) is 3. The zero-order valence-electron chi connectivity index (χ0n) is 35.3. The van der Waals surface area contributed by atoms with E-state index in [-0.39, 0.29) is 52.9 Å². The first kappa shape index (κ1) is 45.1. The van der Waals surface area contributed by atoms with Gasteiger partial charge in [0.25, 0.3) is 0 Å². The second-order valence-corrected chi connectivity index (χ2v) is 18.4. The van der Waals surface area contributed by atoms with Gasteiger partial charge in [-0.2, -0.15) is 0 Å². The van der Waals surface area contributed by atoms with Gasteiger partial charge in [-0.1, -0.05) is 38.5 Å². The van der Waals surface area contributed by atoms with Crippen LogP contribution in [0, 0.1) is 0 Å². The van der Waals surface area contributed by atoms with Gasteiger partial charge in [-0.25, -0.2) is 14.4 Å². The molecule has 0 aliphatic heterocycles. The van der Waals surface area contributed by atoms with Crippen LogP contribution in [0.5, 0.6) is 17.2 Å². The summed E-state index contributed by atoms with van der Waals surface area (Å²) in [6.07, 6.45) is 11.7. The summed E-state index contributed by atoms with van der Waals surface area (Å²) in [5.41, 5.74) is -2.21. The van der Waals surface area contributed by atoms with Gasteiger partial charge in [0.2, 0.25) is 0 Å². The second-order valence-electron chi connectivity index (χ2n) is 18.4. The summed E-state index contributed by atoms with van der Waals surface area (Å²) in [4.78, 5) is 52.3. The molecular formula is C42H66N6O9. The first-order valence-corrected chi connectivity index (χ1v) is 20.5. The zero-order valence-corrected chi connectivity index (χ0v) is 35.3. The zero-order chi connectivity index (χ0) is 42.1. The van der Waals surface area contributed by atoms with E-state index in [1.165, 1.54) is 18.6 Å². The summed E-state index contributed by atoms with van der Waals surface area (Å²) in [6, 6.07) is -2.15. The van der Waals surface area contributed by atoms with E-state index in [9.17, 15) is 29.7 Å². The maximum atomic E-state index is 12.7. The summed E-state index contributed by atoms with van der Waals surface area (Å²) in [5.74, 6) is -1.34. The molecule has 6 N–H and O–H groups in total. The van der Waals surface area contributed by atoms with Gasteiger partial charge in [0.05, 0.1) is 52.9 Å². The van der Waals surface area contributed by atoms with Crippen molar-refractivity contribution in [1.82, 2.24) is 16.0 Å². The molecule has 1 aromatic carbocycles.